The molecule has 1 aliphatic heterocycles. The van der Waals surface area contributed by atoms with E-state index in [0.29, 0.717) is 11.6 Å². The monoisotopic (exact) mass is 259 g/mol. The number of aryl methyl sites for hydroxylation is 1. The quantitative estimate of drug-likeness (QED) is 0.884. The van der Waals surface area contributed by atoms with Gasteiger partial charge in [-0.1, -0.05) is 18.9 Å². The zero-order valence-corrected chi connectivity index (χ0v) is 12.2. The predicted molar refractivity (Wildman–Crippen MR) is 78.0 cm³/mol. The highest BCUT2D eigenvalue weighted by Gasteiger charge is 2.42. The van der Waals surface area contributed by atoms with Gasteiger partial charge in [0.15, 0.2) is 0 Å². The molecule has 2 fully saturated rings. The summed E-state index contributed by atoms with van der Waals surface area (Å²) in [5, 5.41) is 3.68. The van der Waals surface area contributed by atoms with E-state index in [9.17, 15) is 0 Å². The van der Waals surface area contributed by atoms with Gasteiger partial charge in [-0.3, -0.25) is 9.88 Å². The van der Waals surface area contributed by atoms with Crippen molar-refractivity contribution in [2.45, 2.75) is 57.7 Å². The molecule has 2 aliphatic rings. The largest absolute Gasteiger partial charge is 0.311 e. The van der Waals surface area contributed by atoms with E-state index in [1.165, 1.54) is 31.4 Å². The number of aromatic nitrogens is 1. The summed E-state index contributed by atoms with van der Waals surface area (Å²) in [6.07, 6.45) is 5.46. The summed E-state index contributed by atoms with van der Waals surface area (Å²) >= 11 is 0. The molecule has 3 heteroatoms. The molecular weight excluding hydrogens is 234 g/mol. The first-order chi connectivity index (χ1) is 9.18. The minimum Gasteiger partial charge on any atom is -0.311 e. The fourth-order valence-corrected chi connectivity index (χ4v) is 3.71. The second-order valence-corrected chi connectivity index (χ2v) is 6.36. The Hall–Kier alpha value is -0.930. The molecule has 1 saturated carbocycles. The van der Waals surface area contributed by atoms with Crippen molar-refractivity contribution >= 4 is 0 Å². The van der Waals surface area contributed by atoms with E-state index in [1.807, 2.05) is 0 Å². The number of nitrogens with zero attached hydrogens (tertiary/aromatic N) is 2. The van der Waals surface area contributed by atoms with Crippen LogP contribution in [0.2, 0.25) is 0 Å². The highest BCUT2D eigenvalue weighted by Crippen LogP contribution is 2.37. The summed E-state index contributed by atoms with van der Waals surface area (Å²) in [5.41, 5.74) is 2.75. The SMILES string of the molecule is Cc1cccc(CN2CC(C)NCC23CCCC3)n1. The minimum absolute atomic E-state index is 0.401. The van der Waals surface area contributed by atoms with Crippen molar-refractivity contribution in [3.05, 3.63) is 29.6 Å². The Bertz CT molecular complexity index is 437. The molecule has 1 N–H and O–H groups in total. The normalized spacial score (nSPS) is 26.9. The number of rotatable bonds is 2. The van der Waals surface area contributed by atoms with Gasteiger partial charge < -0.3 is 5.32 Å². The van der Waals surface area contributed by atoms with E-state index < -0.39 is 0 Å². The smallest absolute Gasteiger partial charge is 0.0547 e. The third-order valence-electron chi connectivity index (χ3n) is 4.78. The molecule has 1 aromatic heterocycles. The fraction of sp³-hybridized carbons (Fsp3) is 0.688. The maximum Gasteiger partial charge on any atom is 0.0547 e. The van der Waals surface area contributed by atoms with Crippen LogP contribution in [0.25, 0.3) is 0 Å². The molecule has 0 bridgehead atoms. The topological polar surface area (TPSA) is 28.2 Å². The van der Waals surface area contributed by atoms with Gasteiger partial charge in [0.2, 0.25) is 0 Å². The summed E-state index contributed by atoms with van der Waals surface area (Å²) in [6, 6.07) is 6.97. The molecule has 1 aliphatic carbocycles. The number of nitrogens with one attached hydrogen (secondary N) is 1. The molecule has 1 spiro atoms. The Morgan fingerprint density at radius 3 is 2.89 bits per heavy atom. The van der Waals surface area contributed by atoms with Crippen LogP contribution in [0.3, 0.4) is 0 Å². The standard InChI is InChI=1S/C16H25N3/c1-13-6-5-7-15(18-13)11-19-10-14(2)17-12-16(19)8-3-4-9-16/h5-7,14,17H,3-4,8-12H2,1-2H3. The van der Waals surface area contributed by atoms with Gasteiger partial charge in [0.25, 0.3) is 0 Å². The second-order valence-electron chi connectivity index (χ2n) is 6.36. The van der Waals surface area contributed by atoms with E-state index in [1.54, 1.807) is 0 Å². The van der Waals surface area contributed by atoms with Gasteiger partial charge in [0, 0.05) is 36.9 Å². The molecule has 0 aromatic carbocycles. The lowest BCUT2D eigenvalue weighted by molar-refractivity contribution is 0.0382. The Morgan fingerprint density at radius 2 is 2.16 bits per heavy atom. The van der Waals surface area contributed by atoms with E-state index in [0.717, 1.165) is 25.3 Å². The van der Waals surface area contributed by atoms with Crippen molar-refractivity contribution < 1.29 is 0 Å². The minimum atomic E-state index is 0.401. The van der Waals surface area contributed by atoms with Crippen LogP contribution >= 0.6 is 0 Å². The Morgan fingerprint density at radius 1 is 1.37 bits per heavy atom. The van der Waals surface area contributed by atoms with Crippen molar-refractivity contribution in [2.75, 3.05) is 13.1 Å². The molecule has 19 heavy (non-hydrogen) atoms. The lowest BCUT2D eigenvalue weighted by atomic mass is 9.91. The van der Waals surface area contributed by atoms with E-state index in [2.05, 4.69) is 47.2 Å². The molecule has 1 aromatic rings. The lowest BCUT2D eigenvalue weighted by Gasteiger charge is -2.47. The first-order valence-corrected chi connectivity index (χ1v) is 7.59. The van der Waals surface area contributed by atoms with Crippen LogP contribution in [-0.2, 0) is 6.54 Å². The first-order valence-electron chi connectivity index (χ1n) is 7.59. The molecule has 3 nitrogen and oxygen atoms in total. The molecular formula is C16H25N3. The zero-order valence-electron chi connectivity index (χ0n) is 12.2. The second kappa shape index (κ2) is 5.22. The molecule has 0 radical (unpaired) electrons. The van der Waals surface area contributed by atoms with E-state index >= 15 is 0 Å². The van der Waals surface area contributed by atoms with Crippen molar-refractivity contribution in [2.24, 2.45) is 0 Å². The molecule has 1 saturated heterocycles. The van der Waals surface area contributed by atoms with Crippen LogP contribution in [0.5, 0.6) is 0 Å². The van der Waals surface area contributed by atoms with Crippen molar-refractivity contribution in [1.82, 2.24) is 15.2 Å². The molecule has 2 heterocycles. The average Bonchev–Trinajstić information content (AvgIpc) is 2.84. The van der Waals surface area contributed by atoms with Crippen LogP contribution in [-0.4, -0.2) is 34.6 Å². The van der Waals surface area contributed by atoms with Crippen LogP contribution in [0, 0.1) is 6.92 Å². The van der Waals surface area contributed by atoms with Gasteiger partial charge in [-0.2, -0.15) is 0 Å². The van der Waals surface area contributed by atoms with Crippen LogP contribution in [0.1, 0.15) is 44.0 Å². The van der Waals surface area contributed by atoms with Gasteiger partial charge in [0.05, 0.1) is 5.69 Å². The maximum atomic E-state index is 4.68. The van der Waals surface area contributed by atoms with Gasteiger partial charge in [-0.15, -0.1) is 0 Å². The molecule has 0 amide bonds. The summed E-state index contributed by atoms with van der Waals surface area (Å²) in [6.45, 7) is 7.68. The summed E-state index contributed by atoms with van der Waals surface area (Å²) in [5.74, 6) is 0. The molecule has 104 valence electrons. The molecule has 1 unspecified atom stereocenters. The van der Waals surface area contributed by atoms with E-state index in [-0.39, 0.29) is 0 Å². The summed E-state index contributed by atoms with van der Waals surface area (Å²) in [7, 11) is 0. The number of piperazine rings is 1. The molecule has 3 rings (SSSR count). The number of hydrogen-bond acceptors (Lipinski definition) is 3. The van der Waals surface area contributed by atoms with Gasteiger partial charge >= 0.3 is 0 Å². The van der Waals surface area contributed by atoms with Gasteiger partial charge in [-0.25, -0.2) is 0 Å². The van der Waals surface area contributed by atoms with Crippen LogP contribution in [0.15, 0.2) is 18.2 Å². The van der Waals surface area contributed by atoms with Crippen LogP contribution in [0.4, 0.5) is 0 Å². The average molecular weight is 259 g/mol. The Kier molecular flexibility index (Phi) is 3.59. The predicted octanol–water partition coefficient (Wildman–Crippen LogP) is 2.50. The third-order valence-corrected chi connectivity index (χ3v) is 4.78. The Balaban J connectivity index is 1.79. The van der Waals surface area contributed by atoms with E-state index in [4.69, 9.17) is 0 Å². The van der Waals surface area contributed by atoms with Crippen molar-refractivity contribution in [3.63, 3.8) is 0 Å². The fourth-order valence-electron chi connectivity index (χ4n) is 3.71. The highest BCUT2D eigenvalue weighted by molar-refractivity contribution is 5.11. The van der Waals surface area contributed by atoms with Gasteiger partial charge in [0.1, 0.15) is 0 Å². The lowest BCUT2D eigenvalue weighted by Crippen LogP contribution is -2.62. The number of pyridine rings is 1. The number of hydrogen-bond donors (Lipinski definition) is 1. The third kappa shape index (κ3) is 2.67. The van der Waals surface area contributed by atoms with Crippen molar-refractivity contribution in [1.29, 1.82) is 0 Å². The molecule has 1 atom stereocenters. The van der Waals surface area contributed by atoms with Crippen molar-refractivity contribution in [3.8, 4) is 0 Å². The van der Waals surface area contributed by atoms with Gasteiger partial charge in [-0.05, 0) is 38.8 Å². The summed E-state index contributed by atoms with van der Waals surface area (Å²) in [4.78, 5) is 7.38. The first kappa shape index (κ1) is 13.1. The Labute approximate surface area is 116 Å². The van der Waals surface area contributed by atoms with Crippen LogP contribution < -0.4 is 5.32 Å². The maximum absolute atomic E-state index is 4.68. The summed E-state index contributed by atoms with van der Waals surface area (Å²) < 4.78 is 0. The highest BCUT2D eigenvalue weighted by atomic mass is 15.3. The zero-order chi connectivity index (χ0) is 13.3.